The van der Waals surface area contributed by atoms with Crippen LogP contribution in [0, 0.1) is 17.3 Å². The number of benzene rings is 1. The molecule has 0 radical (unpaired) electrons. The van der Waals surface area contributed by atoms with Gasteiger partial charge < -0.3 is 9.47 Å². The van der Waals surface area contributed by atoms with E-state index >= 15 is 0 Å². The molecule has 3 atom stereocenters. The minimum Gasteiger partial charge on any atom is -0.493 e. The fourth-order valence-electron chi connectivity index (χ4n) is 4.10. The van der Waals surface area contributed by atoms with E-state index in [9.17, 15) is 4.79 Å². The zero-order chi connectivity index (χ0) is 16.4. The lowest BCUT2D eigenvalue weighted by atomic mass is 9.90. The lowest BCUT2D eigenvalue weighted by Crippen LogP contribution is -2.22. The molecule has 0 saturated heterocycles. The number of nitrogens with zero attached hydrogens (tertiary/aromatic N) is 1. The number of fused-ring (bicyclic) bond motifs is 1. The van der Waals surface area contributed by atoms with Gasteiger partial charge in [-0.25, -0.2) is 5.43 Å². The molecular weight excluding hydrogens is 292 g/mol. The molecule has 0 spiro atoms. The van der Waals surface area contributed by atoms with E-state index in [1.807, 2.05) is 18.2 Å². The van der Waals surface area contributed by atoms with Crippen LogP contribution < -0.4 is 14.9 Å². The average molecular weight is 316 g/mol. The molecule has 124 valence electrons. The highest BCUT2D eigenvalue weighted by Crippen LogP contribution is 2.66. The third kappa shape index (κ3) is 2.80. The van der Waals surface area contributed by atoms with Crippen LogP contribution in [0.5, 0.6) is 11.5 Å². The van der Waals surface area contributed by atoms with Crippen molar-refractivity contribution in [3.05, 3.63) is 23.8 Å². The van der Waals surface area contributed by atoms with Crippen molar-refractivity contribution in [2.24, 2.45) is 22.4 Å². The maximum absolute atomic E-state index is 12.4. The molecule has 1 amide bonds. The van der Waals surface area contributed by atoms with Crippen molar-refractivity contribution in [1.82, 2.24) is 5.43 Å². The van der Waals surface area contributed by atoms with E-state index in [4.69, 9.17) is 9.47 Å². The Morgan fingerprint density at radius 2 is 2.17 bits per heavy atom. The normalized spacial score (nSPS) is 29.0. The first-order valence-corrected chi connectivity index (χ1v) is 8.15. The molecule has 1 N–H and O–H groups in total. The molecule has 5 nitrogen and oxygen atoms in total. The molecule has 3 rings (SSSR count). The van der Waals surface area contributed by atoms with Crippen molar-refractivity contribution in [1.29, 1.82) is 0 Å². The standard InChI is InChI=1S/C18H24N2O3/c1-18-10-5-4-8-13(18)15(18)17(21)20-19-11-12-7-6-9-14(22-2)16(12)23-3/h6-7,9,11,13,15H,4-5,8,10H2,1-3H3,(H,20,21)/b19-11-/t13-,15-,18+/m0/s1. The first kappa shape index (κ1) is 15.8. The minimum absolute atomic E-state index is 0.0394. The number of nitrogens with one attached hydrogen (secondary N) is 1. The van der Waals surface area contributed by atoms with Crippen LogP contribution in [-0.4, -0.2) is 26.3 Å². The molecule has 0 aromatic heterocycles. The van der Waals surface area contributed by atoms with Gasteiger partial charge in [-0.3, -0.25) is 4.79 Å². The molecule has 5 heteroatoms. The molecule has 23 heavy (non-hydrogen) atoms. The van der Waals surface area contributed by atoms with E-state index < -0.39 is 0 Å². The van der Waals surface area contributed by atoms with Gasteiger partial charge in [-0.1, -0.05) is 25.8 Å². The Morgan fingerprint density at radius 3 is 2.83 bits per heavy atom. The molecule has 0 heterocycles. The van der Waals surface area contributed by atoms with Crippen molar-refractivity contribution in [2.75, 3.05) is 14.2 Å². The highest BCUT2D eigenvalue weighted by molar-refractivity contribution is 5.88. The summed E-state index contributed by atoms with van der Waals surface area (Å²) in [5.41, 5.74) is 3.67. The maximum Gasteiger partial charge on any atom is 0.244 e. The fraction of sp³-hybridized carbons (Fsp3) is 0.556. The molecule has 0 bridgehead atoms. The van der Waals surface area contributed by atoms with Crippen LogP contribution in [0.1, 0.15) is 38.2 Å². The number of methoxy groups -OCH3 is 2. The number of rotatable bonds is 5. The lowest BCUT2D eigenvalue weighted by Gasteiger charge is -2.15. The Labute approximate surface area is 137 Å². The SMILES string of the molecule is COc1cccc(/C=N\NC(=O)[C@@H]2[C@@H]3CCCC[C@@]23C)c1OC. The molecule has 1 aromatic rings. The zero-order valence-corrected chi connectivity index (χ0v) is 14.0. The Morgan fingerprint density at radius 1 is 1.35 bits per heavy atom. The zero-order valence-electron chi connectivity index (χ0n) is 14.0. The van der Waals surface area contributed by atoms with Gasteiger partial charge >= 0.3 is 0 Å². The number of ether oxygens (including phenoxy) is 2. The number of para-hydroxylation sites is 1. The largest absolute Gasteiger partial charge is 0.493 e. The predicted molar refractivity (Wildman–Crippen MR) is 88.8 cm³/mol. The second-order valence-corrected chi connectivity index (χ2v) is 6.65. The van der Waals surface area contributed by atoms with Gasteiger partial charge in [-0.05, 0) is 36.3 Å². The van der Waals surface area contributed by atoms with Crippen molar-refractivity contribution in [3.8, 4) is 11.5 Å². The van der Waals surface area contributed by atoms with Crippen LogP contribution in [-0.2, 0) is 4.79 Å². The summed E-state index contributed by atoms with van der Waals surface area (Å²) in [4.78, 5) is 12.4. The number of hydrogen-bond acceptors (Lipinski definition) is 4. The lowest BCUT2D eigenvalue weighted by molar-refractivity contribution is -0.123. The Kier molecular flexibility index (Phi) is 4.28. The third-order valence-electron chi connectivity index (χ3n) is 5.43. The predicted octanol–water partition coefficient (Wildman–Crippen LogP) is 2.98. The van der Waals surface area contributed by atoms with Crippen LogP contribution in [0.2, 0.25) is 0 Å². The number of amides is 1. The van der Waals surface area contributed by atoms with Gasteiger partial charge in [-0.15, -0.1) is 0 Å². The highest BCUT2D eigenvalue weighted by Gasteiger charge is 2.64. The molecular formula is C18H24N2O3. The van der Waals surface area contributed by atoms with E-state index in [2.05, 4.69) is 17.5 Å². The molecule has 0 aliphatic heterocycles. The van der Waals surface area contributed by atoms with Crippen molar-refractivity contribution in [3.63, 3.8) is 0 Å². The van der Waals surface area contributed by atoms with Gasteiger partial charge in [0.05, 0.1) is 20.4 Å². The summed E-state index contributed by atoms with van der Waals surface area (Å²) in [6, 6.07) is 5.56. The Hall–Kier alpha value is -2.04. The number of hydrogen-bond donors (Lipinski definition) is 1. The molecule has 2 fully saturated rings. The highest BCUT2D eigenvalue weighted by atomic mass is 16.5. The van der Waals surface area contributed by atoms with Crippen molar-refractivity contribution < 1.29 is 14.3 Å². The molecule has 2 aliphatic carbocycles. The minimum atomic E-state index is 0.0394. The topological polar surface area (TPSA) is 59.9 Å². The summed E-state index contributed by atoms with van der Waals surface area (Å²) >= 11 is 0. The summed E-state index contributed by atoms with van der Waals surface area (Å²) < 4.78 is 10.6. The summed E-state index contributed by atoms with van der Waals surface area (Å²) in [5, 5.41) is 4.12. The second-order valence-electron chi connectivity index (χ2n) is 6.65. The third-order valence-corrected chi connectivity index (χ3v) is 5.43. The summed E-state index contributed by atoms with van der Waals surface area (Å²) in [5.74, 6) is 1.95. The Bertz CT molecular complexity index is 629. The van der Waals surface area contributed by atoms with Crippen LogP contribution in [0.3, 0.4) is 0 Å². The average Bonchev–Trinajstić information content (AvgIpc) is 3.20. The number of hydrazone groups is 1. The van der Waals surface area contributed by atoms with E-state index in [0.29, 0.717) is 17.4 Å². The van der Waals surface area contributed by atoms with Gasteiger partial charge in [0, 0.05) is 11.5 Å². The van der Waals surface area contributed by atoms with Crippen molar-refractivity contribution >= 4 is 12.1 Å². The van der Waals surface area contributed by atoms with Gasteiger partial charge in [0.2, 0.25) is 5.91 Å². The summed E-state index contributed by atoms with van der Waals surface area (Å²) in [6.45, 7) is 2.23. The number of carbonyl (C=O) groups excluding carboxylic acids is 1. The molecule has 1 aromatic carbocycles. The van der Waals surface area contributed by atoms with E-state index in [1.165, 1.54) is 19.3 Å². The summed E-state index contributed by atoms with van der Waals surface area (Å²) in [6.07, 6.45) is 6.41. The summed E-state index contributed by atoms with van der Waals surface area (Å²) in [7, 11) is 3.18. The first-order chi connectivity index (χ1) is 11.1. The van der Waals surface area contributed by atoms with Gasteiger partial charge in [0.15, 0.2) is 11.5 Å². The monoisotopic (exact) mass is 316 g/mol. The van der Waals surface area contributed by atoms with Gasteiger partial charge in [-0.2, -0.15) is 5.10 Å². The van der Waals surface area contributed by atoms with Crippen LogP contribution in [0.4, 0.5) is 0 Å². The Balaban J connectivity index is 1.65. The van der Waals surface area contributed by atoms with E-state index in [1.54, 1.807) is 20.4 Å². The second kappa shape index (κ2) is 6.22. The number of carbonyl (C=O) groups is 1. The van der Waals surface area contributed by atoms with Gasteiger partial charge in [0.1, 0.15) is 0 Å². The van der Waals surface area contributed by atoms with Crippen molar-refractivity contribution in [2.45, 2.75) is 32.6 Å². The molecule has 2 aliphatic rings. The van der Waals surface area contributed by atoms with Crippen LogP contribution >= 0.6 is 0 Å². The quantitative estimate of drug-likeness (QED) is 0.671. The first-order valence-electron chi connectivity index (χ1n) is 8.15. The molecule has 0 unspecified atom stereocenters. The van der Waals surface area contributed by atoms with Crippen LogP contribution in [0.25, 0.3) is 0 Å². The maximum atomic E-state index is 12.4. The van der Waals surface area contributed by atoms with Crippen LogP contribution in [0.15, 0.2) is 23.3 Å². The fourth-order valence-corrected chi connectivity index (χ4v) is 4.10. The van der Waals surface area contributed by atoms with E-state index in [-0.39, 0.29) is 17.2 Å². The van der Waals surface area contributed by atoms with E-state index in [0.717, 1.165) is 12.0 Å². The van der Waals surface area contributed by atoms with Gasteiger partial charge in [0.25, 0.3) is 0 Å². The smallest absolute Gasteiger partial charge is 0.244 e. The molecule has 2 saturated carbocycles.